The fraction of sp³-hybridized carbons (Fsp3) is 0.259. The number of quaternary nitrogens is 1. The summed E-state index contributed by atoms with van der Waals surface area (Å²) >= 11 is 0. The molecule has 0 spiro atoms. The van der Waals surface area contributed by atoms with Crippen molar-refractivity contribution in [1.82, 2.24) is 0 Å². The highest BCUT2D eigenvalue weighted by Gasteiger charge is 2.19. The van der Waals surface area contributed by atoms with Crippen molar-refractivity contribution in [3.05, 3.63) is 102 Å². The number of nitrogens with two attached hydrogens (primary N) is 1. The zero-order valence-corrected chi connectivity index (χ0v) is 19.4. The molecule has 170 valence electrons. The van der Waals surface area contributed by atoms with E-state index in [1.54, 1.807) is 0 Å². The Hall–Kier alpha value is -2.79. The molecule has 4 nitrogen and oxygen atoms in total. The highest BCUT2D eigenvalue weighted by molar-refractivity contribution is 5.55. The lowest BCUT2D eigenvalue weighted by Crippen LogP contribution is -3.00. The van der Waals surface area contributed by atoms with Crippen molar-refractivity contribution in [2.45, 2.75) is 26.0 Å². The van der Waals surface area contributed by atoms with Gasteiger partial charge in [0.2, 0.25) is 0 Å². The second-order valence-electron chi connectivity index (χ2n) is 7.37. The van der Waals surface area contributed by atoms with Crippen LogP contribution in [0.25, 0.3) is 6.08 Å². The summed E-state index contributed by atoms with van der Waals surface area (Å²) in [6.45, 7) is 5.21. The maximum absolute atomic E-state index is 10.6. The lowest BCUT2D eigenvalue weighted by Gasteiger charge is -2.19. The third-order valence-corrected chi connectivity index (χ3v) is 5.02. The van der Waals surface area contributed by atoms with Crippen molar-refractivity contribution in [3.8, 4) is 11.5 Å². The van der Waals surface area contributed by atoms with E-state index >= 15 is 0 Å². The largest absolute Gasteiger partial charge is 1.00 e. The van der Waals surface area contributed by atoms with Crippen LogP contribution in [0.15, 0.2) is 84.9 Å². The molecule has 3 N–H and O–H groups in total. The Bertz CT molecular complexity index is 908. The molecule has 0 saturated heterocycles. The Labute approximate surface area is 197 Å². The molecule has 5 heteroatoms. The molecule has 0 aliphatic heterocycles. The zero-order valence-electron chi connectivity index (χ0n) is 18.7. The summed E-state index contributed by atoms with van der Waals surface area (Å²) in [5.74, 6) is 1.34. The normalized spacial score (nSPS) is 11.9. The van der Waals surface area contributed by atoms with Gasteiger partial charge in [-0.05, 0) is 31.5 Å². The number of aliphatic hydroxyl groups is 1. The van der Waals surface area contributed by atoms with Crippen LogP contribution in [0.4, 0.5) is 0 Å². The molecule has 3 aromatic rings. The van der Waals surface area contributed by atoms with Gasteiger partial charge in [-0.15, -0.1) is 0 Å². The average Bonchev–Trinajstić information content (AvgIpc) is 2.81. The third kappa shape index (κ3) is 7.41. The first-order valence-corrected chi connectivity index (χ1v) is 10.8. The Balaban J connectivity index is 0.00000363. The number of halogens is 1. The van der Waals surface area contributed by atoms with Crippen LogP contribution in [-0.2, 0) is 0 Å². The molecule has 1 unspecified atom stereocenters. The topological polar surface area (TPSA) is 55.3 Å². The molecule has 3 aromatic carbocycles. The van der Waals surface area contributed by atoms with Crippen LogP contribution < -0.4 is 27.2 Å². The predicted octanol–water partition coefficient (Wildman–Crippen LogP) is 1.22. The van der Waals surface area contributed by atoms with Gasteiger partial charge in [0.1, 0.15) is 25.3 Å². The minimum absolute atomic E-state index is 0. The van der Waals surface area contributed by atoms with Crippen LogP contribution in [0.1, 0.15) is 36.6 Å². The minimum atomic E-state index is -0.616. The van der Waals surface area contributed by atoms with Gasteiger partial charge in [-0.1, -0.05) is 78.9 Å². The van der Waals surface area contributed by atoms with Gasteiger partial charge < -0.3 is 32.3 Å². The number of rotatable bonds is 11. The molecule has 0 amide bonds. The molecule has 0 heterocycles. The van der Waals surface area contributed by atoms with E-state index in [0.29, 0.717) is 24.7 Å². The van der Waals surface area contributed by atoms with Gasteiger partial charge in [-0.3, -0.25) is 0 Å². The number of hydrogen-bond acceptors (Lipinski definition) is 3. The van der Waals surface area contributed by atoms with Crippen LogP contribution in [0.5, 0.6) is 11.5 Å². The molecule has 1 atom stereocenters. The summed E-state index contributed by atoms with van der Waals surface area (Å²) in [6.07, 6.45) is 3.38. The number of aliphatic hydroxyl groups excluding tert-OH is 1. The summed E-state index contributed by atoms with van der Waals surface area (Å²) in [5.41, 5.74) is 3.45. The molecule has 0 aromatic heterocycles. The number of ether oxygens (including phenoxy) is 2. The van der Waals surface area contributed by atoms with Crippen molar-refractivity contribution >= 4 is 6.08 Å². The summed E-state index contributed by atoms with van der Waals surface area (Å²) < 4.78 is 11.6. The van der Waals surface area contributed by atoms with Crippen LogP contribution in [0.3, 0.4) is 0 Å². The smallest absolute Gasteiger partial charge is 0.161 e. The van der Waals surface area contributed by atoms with Crippen molar-refractivity contribution in [3.63, 3.8) is 0 Å². The van der Waals surface area contributed by atoms with E-state index < -0.39 is 6.10 Å². The molecule has 3 rings (SSSR count). The Morgan fingerprint density at radius 1 is 0.875 bits per heavy atom. The maximum atomic E-state index is 10.6. The SMILES string of the molecule is C/C=C/c1ccc(OCC)c(OCC(O)C[NH2+]C(c2ccccc2)c2ccccc2)c1.[Cl-]. The predicted molar refractivity (Wildman–Crippen MR) is 125 cm³/mol. The fourth-order valence-electron chi connectivity index (χ4n) is 3.54. The molecule has 0 aliphatic rings. The second kappa shape index (κ2) is 13.6. The molecule has 0 fully saturated rings. The Kier molecular flexibility index (Phi) is 10.8. The maximum Gasteiger partial charge on any atom is 0.161 e. The van der Waals surface area contributed by atoms with Crippen LogP contribution in [-0.4, -0.2) is 31.0 Å². The van der Waals surface area contributed by atoms with Gasteiger partial charge >= 0.3 is 0 Å². The van der Waals surface area contributed by atoms with Gasteiger partial charge in [0.15, 0.2) is 11.5 Å². The fourth-order valence-corrected chi connectivity index (χ4v) is 3.54. The van der Waals surface area contributed by atoms with E-state index in [1.807, 2.05) is 80.6 Å². The quantitative estimate of drug-likeness (QED) is 0.459. The van der Waals surface area contributed by atoms with Gasteiger partial charge in [0, 0.05) is 11.1 Å². The lowest BCUT2D eigenvalue weighted by atomic mass is 9.98. The number of benzene rings is 3. The molecule has 0 bridgehead atoms. The van der Waals surface area contributed by atoms with Gasteiger partial charge in [-0.25, -0.2) is 0 Å². The van der Waals surface area contributed by atoms with E-state index in [0.717, 1.165) is 5.56 Å². The van der Waals surface area contributed by atoms with Crippen LogP contribution in [0, 0.1) is 0 Å². The van der Waals surface area contributed by atoms with Gasteiger partial charge in [-0.2, -0.15) is 0 Å². The van der Waals surface area contributed by atoms with Gasteiger partial charge in [0.25, 0.3) is 0 Å². The van der Waals surface area contributed by atoms with Crippen molar-refractivity contribution in [2.75, 3.05) is 19.8 Å². The molecule has 0 aliphatic carbocycles. The lowest BCUT2D eigenvalue weighted by molar-refractivity contribution is -0.692. The monoisotopic (exact) mass is 453 g/mol. The Morgan fingerprint density at radius 3 is 2.06 bits per heavy atom. The molecule has 0 saturated carbocycles. The summed E-state index contributed by atoms with van der Waals surface area (Å²) in [7, 11) is 0. The zero-order chi connectivity index (χ0) is 21.9. The third-order valence-electron chi connectivity index (χ3n) is 5.02. The first kappa shape index (κ1) is 25.5. The van der Waals surface area contributed by atoms with Crippen molar-refractivity contribution in [2.24, 2.45) is 0 Å². The number of hydrogen-bond donors (Lipinski definition) is 2. The van der Waals surface area contributed by atoms with Gasteiger partial charge in [0.05, 0.1) is 6.61 Å². The van der Waals surface area contributed by atoms with Crippen LogP contribution in [0.2, 0.25) is 0 Å². The van der Waals surface area contributed by atoms with Crippen LogP contribution >= 0.6 is 0 Å². The minimum Gasteiger partial charge on any atom is -1.00 e. The average molecular weight is 454 g/mol. The first-order valence-electron chi connectivity index (χ1n) is 10.8. The summed E-state index contributed by atoms with van der Waals surface area (Å²) in [4.78, 5) is 0. The van der Waals surface area contributed by atoms with Crippen molar-refractivity contribution in [1.29, 1.82) is 0 Å². The summed E-state index contributed by atoms with van der Waals surface area (Å²) in [6, 6.07) is 26.7. The van der Waals surface area contributed by atoms with E-state index in [4.69, 9.17) is 9.47 Å². The summed E-state index contributed by atoms with van der Waals surface area (Å²) in [5, 5.41) is 12.8. The molecule has 0 radical (unpaired) electrons. The standard InChI is InChI=1S/C27H31NO3.ClH/c1-3-11-21-16-17-25(30-4-2)26(18-21)31-20-24(29)19-28-27(22-12-7-5-8-13-22)23-14-9-6-10-15-23;/h3,5-18,24,27-29H,4,19-20H2,1-2H3;1H/b11-3+;. The van der Waals surface area contributed by atoms with E-state index in [2.05, 4.69) is 29.6 Å². The van der Waals surface area contributed by atoms with E-state index in [9.17, 15) is 5.11 Å². The second-order valence-corrected chi connectivity index (χ2v) is 7.37. The van der Waals surface area contributed by atoms with Crippen molar-refractivity contribution < 1.29 is 32.3 Å². The van der Waals surface area contributed by atoms with E-state index in [1.165, 1.54) is 11.1 Å². The molecule has 32 heavy (non-hydrogen) atoms. The molecular formula is C27H32ClNO3. The number of allylic oxidation sites excluding steroid dienone is 1. The van der Waals surface area contributed by atoms with E-state index in [-0.39, 0.29) is 25.1 Å². The highest BCUT2D eigenvalue weighted by atomic mass is 35.5. The highest BCUT2D eigenvalue weighted by Crippen LogP contribution is 2.29. The molecular weight excluding hydrogens is 422 g/mol. The first-order chi connectivity index (χ1) is 15.2. The Morgan fingerprint density at radius 2 is 1.50 bits per heavy atom.